The first kappa shape index (κ1) is 16.9. The summed E-state index contributed by atoms with van der Waals surface area (Å²) in [5.74, 6) is -1.79. The first-order valence-corrected chi connectivity index (χ1v) is 8.55. The molecule has 1 aromatic carbocycles. The van der Waals surface area contributed by atoms with Crippen molar-refractivity contribution in [1.82, 2.24) is 5.32 Å². The van der Waals surface area contributed by atoms with Crippen molar-refractivity contribution < 1.29 is 19.1 Å². The molecule has 1 saturated heterocycles. The monoisotopic (exact) mass is 332 g/mol. The maximum Gasteiger partial charge on any atom is 0.313 e. The lowest BCUT2D eigenvalue weighted by Crippen LogP contribution is -2.41. The Morgan fingerprint density at radius 2 is 1.92 bits per heavy atom. The van der Waals surface area contributed by atoms with Crippen molar-refractivity contribution in [3.63, 3.8) is 0 Å². The molecule has 1 spiro atoms. The molecule has 2 aliphatic rings. The zero-order valence-corrected chi connectivity index (χ0v) is 14.0. The molecule has 1 atom stereocenters. The number of hydrogen-bond donors (Lipinski definition) is 2. The number of carbonyl (C=O) groups is 2. The second kappa shape index (κ2) is 7.32. The van der Waals surface area contributed by atoms with Crippen LogP contribution in [0, 0.1) is 6.92 Å². The Kier molecular flexibility index (Phi) is 5.16. The Bertz CT molecular complexity index is 611. The quantitative estimate of drug-likeness (QED) is 0.831. The second-order valence-corrected chi connectivity index (χ2v) is 6.50. The Hall–Kier alpha value is -1.92. The van der Waals surface area contributed by atoms with Gasteiger partial charge in [-0.05, 0) is 31.4 Å². The van der Waals surface area contributed by atoms with Crippen LogP contribution in [-0.4, -0.2) is 36.9 Å². The summed E-state index contributed by atoms with van der Waals surface area (Å²) in [4.78, 5) is 23.9. The molecule has 24 heavy (non-hydrogen) atoms. The van der Waals surface area contributed by atoms with E-state index in [9.17, 15) is 9.59 Å². The SMILES string of the molecule is Cc1ccccc1NC(=O)C(=O)NCC1COC2(CCCCC2)O1. The third-order valence-electron chi connectivity index (χ3n) is 4.62. The largest absolute Gasteiger partial charge is 0.347 e. The first-order chi connectivity index (χ1) is 11.6. The van der Waals surface area contributed by atoms with Crippen LogP contribution >= 0.6 is 0 Å². The van der Waals surface area contributed by atoms with E-state index in [0.29, 0.717) is 12.3 Å². The van der Waals surface area contributed by atoms with Gasteiger partial charge in [-0.2, -0.15) is 0 Å². The molecule has 1 aliphatic carbocycles. The second-order valence-electron chi connectivity index (χ2n) is 6.50. The fraction of sp³-hybridized carbons (Fsp3) is 0.556. The van der Waals surface area contributed by atoms with E-state index in [0.717, 1.165) is 31.2 Å². The summed E-state index contributed by atoms with van der Waals surface area (Å²) in [5.41, 5.74) is 1.55. The van der Waals surface area contributed by atoms with E-state index in [-0.39, 0.29) is 12.6 Å². The van der Waals surface area contributed by atoms with Crippen molar-refractivity contribution >= 4 is 17.5 Å². The highest BCUT2D eigenvalue weighted by Gasteiger charge is 2.42. The molecule has 0 aromatic heterocycles. The van der Waals surface area contributed by atoms with Crippen molar-refractivity contribution in [1.29, 1.82) is 0 Å². The molecule has 2 fully saturated rings. The maximum absolute atomic E-state index is 12.0. The molecule has 6 nitrogen and oxygen atoms in total. The average molecular weight is 332 g/mol. The lowest BCUT2D eigenvalue weighted by molar-refractivity contribution is -0.186. The Morgan fingerprint density at radius 3 is 2.67 bits per heavy atom. The molecule has 1 aromatic rings. The predicted octanol–water partition coefficient (Wildman–Crippen LogP) is 2.13. The van der Waals surface area contributed by atoms with Gasteiger partial charge in [-0.1, -0.05) is 24.6 Å². The number of anilines is 1. The fourth-order valence-electron chi connectivity index (χ4n) is 3.25. The molecule has 1 saturated carbocycles. The van der Waals surface area contributed by atoms with E-state index in [1.807, 2.05) is 25.1 Å². The molecule has 1 unspecified atom stereocenters. The van der Waals surface area contributed by atoms with Gasteiger partial charge in [0.25, 0.3) is 0 Å². The van der Waals surface area contributed by atoms with Gasteiger partial charge in [0.1, 0.15) is 6.10 Å². The van der Waals surface area contributed by atoms with E-state index >= 15 is 0 Å². The number of para-hydroxylation sites is 1. The lowest BCUT2D eigenvalue weighted by Gasteiger charge is -2.31. The van der Waals surface area contributed by atoms with Gasteiger partial charge in [-0.25, -0.2) is 0 Å². The number of carbonyl (C=O) groups excluding carboxylic acids is 2. The lowest BCUT2D eigenvalue weighted by atomic mass is 9.94. The molecule has 2 amide bonds. The topological polar surface area (TPSA) is 76.7 Å². The van der Waals surface area contributed by atoms with Crippen molar-refractivity contribution in [2.24, 2.45) is 0 Å². The van der Waals surface area contributed by atoms with Crippen LogP contribution in [0.3, 0.4) is 0 Å². The number of benzene rings is 1. The van der Waals surface area contributed by atoms with Crippen LogP contribution in [0.5, 0.6) is 0 Å². The standard InChI is InChI=1S/C18H24N2O4/c1-13-7-3-4-8-15(13)20-17(22)16(21)19-11-14-12-23-18(24-14)9-5-2-6-10-18/h3-4,7-8,14H,2,5-6,9-12H2,1H3,(H,19,21)(H,20,22). The minimum atomic E-state index is -0.671. The highest BCUT2D eigenvalue weighted by atomic mass is 16.7. The summed E-state index contributed by atoms with van der Waals surface area (Å²) >= 11 is 0. The number of ether oxygens (including phenoxy) is 2. The molecule has 0 radical (unpaired) electrons. The summed E-state index contributed by atoms with van der Waals surface area (Å²) in [7, 11) is 0. The third kappa shape index (κ3) is 3.94. The normalized spacial score (nSPS) is 22.3. The zero-order valence-electron chi connectivity index (χ0n) is 14.0. The van der Waals surface area contributed by atoms with Crippen molar-refractivity contribution in [2.45, 2.75) is 50.9 Å². The maximum atomic E-state index is 12.0. The minimum absolute atomic E-state index is 0.196. The molecule has 6 heteroatoms. The zero-order chi connectivity index (χ0) is 17.0. The van der Waals surface area contributed by atoms with Crippen LogP contribution in [0.2, 0.25) is 0 Å². The predicted molar refractivity (Wildman–Crippen MR) is 89.5 cm³/mol. The average Bonchev–Trinajstić information content (AvgIpc) is 2.98. The van der Waals surface area contributed by atoms with Gasteiger partial charge in [0, 0.05) is 25.1 Å². The van der Waals surface area contributed by atoms with E-state index < -0.39 is 17.6 Å². The van der Waals surface area contributed by atoms with Crippen molar-refractivity contribution in [3.05, 3.63) is 29.8 Å². The van der Waals surface area contributed by atoms with Gasteiger partial charge in [-0.15, -0.1) is 0 Å². The minimum Gasteiger partial charge on any atom is -0.347 e. The Morgan fingerprint density at radius 1 is 1.17 bits per heavy atom. The smallest absolute Gasteiger partial charge is 0.313 e. The molecule has 1 heterocycles. The van der Waals surface area contributed by atoms with E-state index in [1.165, 1.54) is 6.42 Å². The molecule has 0 bridgehead atoms. The van der Waals surface area contributed by atoms with E-state index in [4.69, 9.17) is 9.47 Å². The van der Waals surface area contributed by atoms with Crippen LogP contribution in [0.15, 0.2) is 24.3 Å². The van der Waals surface area contributed by atoms with Crippen molar-refractivity contribution in [2.75, 3.05) is 18.5 Å². The van der Waals surface area contributed by atoms with Gasteiger partial charge >= 0.3 is 11.8 Å². The number of aryl methyl sites for hydroxylation is 1. The Balaban J connectivity index is 1.46. The number of rotatable bonds is 3. The number of nitrogens with one attached hydrogen (secondary N) is 2. The van der Waals surface area contributed by atoms with E-state index in [2.05, 4.69) is 10.6 Å². The van der Waals surface area contributed by atoms with Crippen LogP contribution in [0.25, 0.3) is 0 Å². The summed E-state index contributed by atoms with van der Waals surface area (Å²) in [6.45, 7) is 2.61. The molecule has 1 aliphatic heterocycles. The molecule has 2 N–H and O–H groups in total. The number of amides is 2. The summed E-state index contributed by atoms with van der Waals surface area (Å²) < 4.78 is 11.8. The first-order valence-electron chi connectivity index (χ1n) is 8.55. The van der Waals surface area contributed by atoms with Crippen molar-refractivity contribution in [3.8, 4) is 0 Å². The van der Waals surface area contributed by atoms with Gasteiger partial charge in [-0.3, -0.25) is 9.59 Å². The molecular weight excluding hydrogens is 308 g/mol. The van der Waals surface area contributed by atoms with Gasteiger partial charge in [0.15, 0.2) is 5.79 Å². The van der Waals surface area contributed by atoms with Gasteiger partial charge in [0.2, 0.25) is 0 Å². The summed E-state index contributed by atoms with van der Waals surface area (Å²) in [5, 5.41) is 5.25. The summed E-state index contributed by atoms with van der Waals surface area (Å²) in [6, 6.07) is 7.33. The molecular formula is C18H24N2O4. The highest BCUT2D eigenvalue weighted by molar-refractivity contribution is 6.39. The third-order valence-corrected chi connectivity index (χ3v) is 4.62. The van der Waals surface area contributed by atoms with Gasteiger partial charge < -0.3 is 20.1 Å². The molecule has 130 valence electrons. The van der Waals surface area contributed by atoms with Crippen LogP contribution in [0.1, 0.15) is 37.7 Å². The highest BCUT2D eigenvalue weighted by Crippen LogP contribution is 2.37. The summed E-state index contributed by atoms with van der Waals surface area (Å²) in [6.07, 6.45) is 5.06. The van der Waals surface area contributed by atoms with Gasteiger partial charge in [0.05, 0.1) is 6.61 Å². The fourth-order valence-corrected chi connectivity index (χ4v) is 3.25. The molecule has 3 rings (SSSR count). The number of hydrogen-bond acceptors (Lipinski definition) is 4. The Labute approximate surface area is 141 Å². The van der Waals surface area contributed by atoms with Crippen LogP contribution < -0.4 is 10.6 Å². The van der Waals surface area contributed by atoms with E-state index in [1.54, 1.807) is 6.07 Å². The van der Waals surface area contributed by atoms with Crippen LogP contribution in [-0.2, 0) is 19.1 Å². The van der Waals surface area contributed by atoms with Crippen LogP contribution in [0.4, 0.5) is 5.69 Å².